The number of methoxy groups -OCH3 is 2. The van der Waals surface area contributed by atoms with Gasteiger partial charge in [0.2, 0.25) is 5.95 Å². The average molecular weight is 599 g/mol. The molecule has 1 aliphatic heterocycles. The number of aromatic nitrogens is 2. The fourth-order valence-corrected chi connectivity index (χ4v) is 5.45. The Kier molecular flexibility index (Phi) is 10.1. The van der Waals surface area contributed by atoms with Gasteiger partial charge in [-0.05, 0) is 37.4 Å². The van der Waals surface area contributed by atoms with Gasteiger partial charge >= 0.3 is 0 Å². The van der Waals surface area contributed by atoms with Crippen LogP contribution in [0.2, 0.25) is 5.02 Å². The minimum Gasteiger partial charge on any atom is -0.494 e. The van der Waals surface area contributed by atoms with Gasteiger partial charge in [0.05, 0.1) is 49.3 Å². The first-order valence-corrected chi connectivity index (χ1v) is 15.7. The summed E-state index contributed by atoms with van der Waals surface area (Å²) in [6, 6.07) is 10.9. The molecule has 0 spiro atoms. The number of hydrogen-bond donors (Lipinski definition) is 3. The fraction of sp³-hybridized carbons (Fsp3) is 0.321. The number of para-hydroxylation sites is 1. The van der Waals surface area contributed by atoms with Crippen molar-refractivity contribution in [3.8, 4) is 17.6 Å². The topological polar surface area (TPSA) is 127 Å². The third-order valence-corrected chi connectivity index (χ3v) is 7.89. The highest BCUT2D eigenvalue weighted by molar-refractivity contribution is 7.70. The molecule has 11 nitrogen and oxygen atoms in total. The van der Waals surface area contributed by atoms with E-state index in [2.05, 4.69) is 42.7 Å². The molecule has 13 heteroatoms. The van der Waals surface area contributed by atoms with Gasteiger partial charge in [-0.25, -0.2) is 4.98 Å². The van der Waals surface area contributed by atoms with Crippen molar-refractivity contribution in [2.24, 2.45) is 0 Å². The highest BCUT2D eigenvalue weighted by atomic mass is 35.5. The molecular formula is C28H32ClN6O5P. The van der Waals surface area contributed by atoms with Crippen LogP contribution in [0.15, 0.2) is 42.6 Å². The lowest BCUT2D eigenvalue weighted by molar-refractivity contribution is -0.111. The summed E-state index contributed by atoms with van der Waals surface area (Å²) in [6.07, 6.45) is 1.46. The summed E-state index contributed by atoms with van der Waals surface area (Å²) < 4.78 is 28.9. The van der Waals surface area contributed by atoms with E-state index in [0.717, 1.165) is 5.69 Å². The Hall–Kier alpha value is -3.81. The van der Waals surface area contributed by atoms with E-state index in [1.807, 2.05) is 30.3 Å². The van der Waals surface area contributed by atoms with Gasteiger partial charge in [0.15, 0.2) is 5.82 Å². The number of benzene rings is 2. The zero-order chi connectivity index (χ0) is 29.4. The Morgan fingerprint density at radius 3 is 2.59 bits per heavy atom. The van der Waals surface area contributed by atoms with Gasteiger partial charge in [0, 0.05) is 31.6 Å². The third kappa shape index (κ3) is 7.90. The van der Waals surface area contributed by atoms with Gasteiger partial charge in [-0.15, -0.1) is 0 Å². The van der Waals surface area contributed by atoms with E-state index >= 15 is 0 Å². The number of hydrogen-bond acceptors (Lipinski definition) is 10. The molecule has 0 atom stereocenters. The van der Waals surface area contributed by atoms with Crippen molar-refractivity contribution < 1.29 is 23.6 Å². The van der Waals surface area contributed by atoms with Crippen molar-refractivity contribution in [2.45, 2.75) is 0 Å². The molecule has 0 radical (unpaired) electrons. The second-order valence-corrected chi connectivity index (χ2v) is 13.0. The van der Waals surface area contributed by atoms with Crippen LogP contribution in [0.5, 0.6) is 5.75 Å². The zero-order valence-corrected chi connectivity index (χ0v) is 24.9. The van der Waals surface area contributed by atoms with E-state index < -0.39 is 13.0 Å². The van der Waals surface area contributed by atoms with Crippen LogP contribution in [0, 0.1) is 11.8 Å². The highest BCUT2D eigenvalue weighted by Crippen LogP contribution is 2.40. The molecule has 4 rings (SSSR count). The monoisotopic (exact) mass is 598 g/mol. The number of carbonyl (C=O) groups is 1. The molecule has 1 aliphatic rings. The van der Waals surface area contributed by atoms with E-state index in [1.54, 1.807) is 26.5 Å². The number of halogens is 1. The highest BCUT2D eigenvalue weighted by Gasteiger charge is 2.21. The molecule has 1 saturated heterocycles. The molecule has 1 fully saturated rings. The van der Waals surface area contributed by atoms with Crippen LogP contribution < -0.4 is 30.9 Å². The van der Waals surface area contributed by atoms with Crippen LogP contribution in [-0.4, -0.2) is 76.3 Å². The molecule has 0 saturated carbocycles. The van der Waals surface area contributed by atoms with Crippen molar-refractivity contribution in [1.82, 2.24) is 9.97 Å². The van der Waals surface area contributed by atoms with Crippen LogP contribution in [-0.2, 0) is 18.8 Å². The molecule has 1 amide bonds. The number of rotatable bonds is 9. The van der Waals surface area contributed by atoms with E-state index in [1.165, 1.54) is 13.3 Å². The molecule has 1 aromatic heterocycles. The second kappa shape index (κ2) is 13.7. The second-order valence-electron chi connectivity index (χ2n) is 9.37. The molecule has 3 aromatic rings. The Labute approximate surface area is 244 Å². The Morgan fingerprint density at radius 1 is 1.12 bits per heavy atom. The first-order valence-electron chi connectivity index (χ1n) is 12.7. The number of anilines is 6. The summed E-state index contributed by atoms with van der Waals surface area (Å²) in [5.41, 5.74) is 2.43. The third-order valence-electron chi connectivity index (χ3n) is 6.06. The number of nitrogens with zero attached hydrogens (tertiary/aromatic N) is 3. The van der Waals surface area contributed by atoms with Crippen molar-refractivity contribution in [2.75, 3.05) is 81.3 Å². The lowest BCUT2D eigenvalue weighted by Crippen LogP contribution is -2.36. The van der Waals surface area contributed by atoms with Gasteiger partial charge in [-0.1, -0.05) is 29.7 Å². The SMILES string of the molecule is COCC#CC(=O)Nc1cc(Nc2ncc(Cl)c(Nc3ccccc3P(C)(C)=O)n2)c(OC)cc1N1CCOCC1. The lowest BCUT2D eigenvalue weighted by atomic mass is 10.1. The van der Waals surface area contributed by atoms with Crippen molar-refractivity contribution in [3.63, 3.8) is 0 Å². The van der Waals surface area contributed by atoms with Crippen molar-refractivity contribution in [3.05, 3.63) is 47.6 Å². The zero-order valence-electron chi connectivity index (χ0n) is 23.3. The maximum atomic E-state index is 12.8. The summed E-state index contributed by atoms with van der Waals surface area (Å²) >= 11 is 6.42. The Balaban J connectivity index is 1.68. The largest absolute Gasteiger partial charge is 0.494 e. The van der Waals surface area contributed by atoms with E-state index in [9.17, 15) is 9.36 Å². The van der Waals surface area contributed by atoms with E-state index in [4.69, 9.17) is 25.8 Å². The number of amides is 1. The molecule has 41 heavy (non-hydrogen) atoms. The smallest absolute Gasteiger partial charge is 0.300 e. The maximum Gasteiger partial charge on any atom is 0.300 e. The van der Waals surface area contributed by atoms with Gasteiger partial charge in [-0.3, -0.25) is 4.79 Å². The standard InChI is InChI=1S/C28H32ClN6O5P/c1-38-13-7-10-26(36)31-21-16-22(24(39-2)17-23(21)35-11-14-40-15-12-35)33-28-30-18-19(29)27(34-28)32-20-8-5-6-9-25(20)41(3,4)37/h5-6,8-9,16-18H,11-15H2,1-4H3,(H,31,36)(H2,30,32,33,34). The molecule has 0 aliphatic carbocycles. The van der Waals surface area contributed by atoms with Crippen LogP contribution in [0.25, 0.3) is 0 Å². The first kappa shape index (κ1) is 30.2. The van der Waals surface area contributed by atoms with E-state index in [-0.39, 0.29) is 17.6 Å². The van der Waals surface area contributed by atoms with Crippen LogP contribution in [0.4, 0.5) is 34.5 Å². The summed E-state index contributed by atoms with van der Waals surface area (Å²) in [4.78, 5) is 23.6. The first-order chi connectivity index (χ1) is 19.7. The summed E-state index contributed by atoms with van der Waals surface area (Å²) in [7, 11) is 0.491. The number of ether oxygens (including phenoxy) is 3. The van der Waals surface area contributed by atoms with Gasteiger partial charge in [0.25, 0.3) is 5.91 Å². The Bertz CT molecular complexity index is 1510. The predicted octanol–water partition coefficient (Wildman–Crippen LogP) is 4.30. The van der Waals surface area contributed by atoms with Gasteiger partial charge in [-0.2, -0.15) is 4.98 Å². The molecule has 2 aromatic carbocycles. The molecular weight excluding hydrogens is 567 g/mol. The average Bonchev–Trinajstić information content (AvgIpc) is 2.95. The number of carbonyl (C=O) groups excluding carboxylic acids is 1. The lowest BCUT2D eigenvalue weighted by Gasteiger charge is -2.31. The predicted molar refractivity (Wildman–Crippen MR) is 163 cm³/mol. The summed E-state index contributed by atoms with van der Waals surface area (Å²) in [5.74, 6) is 5.76. The maximum absolute atomic E-state index is 12.8. The number of nitrogens with one attached hydrogen (secondary N) is 3. The number of morpholine rings is 1. The van der Waals surface area contributed by atoms with Crippen LogP contribution in [0.1, 0.15) is 0 Å². The minimum atomic E-state index is -2.57. The van der Waals surface area contributed by atoms with Crippen molar-refractivity contribution in [1.29, 1.82) is 0 Å². The summed E-state index contributed by atoms with van der Waals surface area (Å²) in [6.45, 7) is 5.96. The minimum absolute atomic E-state index is 0.141. The normalized spacial score (nSPS) is 13.1. The molecule has 2 heterocycles. The molecule has 0 unspecified atom stereocenters. The quantitative estimate of drug-likeness (QED) is 0.242. The molecule has 216 valence electrons. The van der Waals surface area contributed by atoms with Crippen molar-refractivity contribution >= 4 is 64.5 Å². The van der Waals surface area contributed by atoms with Gasteiger partial charge in [0.1, 0.15) is 24.5 Å². The molecule has 0 bridgehead atoms. The fourth-order valence-electron chi connectivity index (χ4n) is 4.16. The van der Waals surface area contributed by atoms with Crippen LogP contribution >= 0.6 is 18.7 Å². The Morgan fingerprint density at radius 2 is 1.88 bits per heavy atom. The summed E-state index contributed by atoms with van der Waals surface area (Å²) in [5, 5.41) is 10.2. The van der Waals surface area contributed by atoms with E-state index in [0.29, 0.717) is 60.2 Å². The molecule has 3 N–H and O–H groups in total. The van der Waals surface area contributed by atoms with Gasteiger partial charge < -0.3 is 39.6 Å². The van der Waals surface area contributed by atoms with Crippen LogP contribution in [0.3, 0.4) is 0 Å².